The third-order valence-electron chi connectivity index (χ3n) is 5.38. The van der Waals surface area contributed by atoms with Gasteiger partial charge >= 0.3 is 5.97 Å². The van der Waals surface area contributed by atoms with Crippen LogP contribution >= 0.6 is 0 Å². The molecule has 0 radical (unpaired) electrons. The van der Waals surface area contributed by atoms with E-state index in [0.717, 1.165) is 30.6 Å². The zero-order valence-electron chi connectivity index (χ0n) is 15.0. The molecule has 140 valence electrons. The fourth-order valence-corrected chi connectivity index (χ4v) is 3.92. The summed E-state index contributed by atoms with van der Waals surface area (Å²) in [7, 11) is 1.60. The largest absolute Gasteiger partial charge is 0.497 e. The van der Waals surface area contributed by atoms with Crippen LogP contribution in [-0.2, 0) is 25.7 Å². The van der Waals surface area contributed by atoms with Gasteiger partial charge < -0.3 is 14.8 Å². The Kier molecular flexibility index (Phi) is 5.91. The van der Waals surface area contributed by atoms with Gasteiger partial charge in [-0.2, -0.15) is 0 Å². The molecule has 2 saturated carbocycles. The van der Waals surface area contributed by atoms with E-state index in [4.69, 9.17) is 9.47 Å². The third kappa shape index (κ3) is 4.42. The highest BCUT2D eigenvalue weighted by molar-refractivity contribution is 5.87. The number of rotatable bonds is 6. The molecule has 0 aliphatic heterocycles. The van der Waals surface area contributed by atoms with Crippen molar-refractivity contribution in [2.75, 3.05) is 13.7 Å². The highest BCUT2D eigenvalue weighted by Crippen LogP contribution is 2.40. The Labute approximate surface area is 153 Å². The van der Waals surface area contributed by atoms with Crippen LogP contribution in [-0.4, -0.2) is 31.4 Å². The van der Waals surface area contributed by atoms with Crippen LogP contribution in [0.1, 0.15) is 37.7 Å². The van der Waals surface area contributed by atoms with Crippen LogP contribution < -0.4 is 10.1 Å². The average Bonchev–Trinajstić information content (AvgIpc) is 2.64. The Morgan fingerprint density at radius 2 is 1.77 bits per heavy atom. The van der Waals surface area contributed by atoms with Crippen LogP contribution in [0.3, 0.4) is 0 Å². The summed E-state index contributed by atoms with van der Waals surface area (Å²) in [5.74, 6) is 0.141. The van der Waals surface area contributed by atoms with Gasteiger partial charge in [-0.1, -0.05) is 18.6 Å². The molecule has 2 aliphatic rings. The summed E-state index contributed by atoms with van der Waals surface area (Å²) in [6.07, 6.45) is 3.96. The lowest BCUT2D eigenvalue weighted by Crippen LogP contribution is -2.40. The summed E-state index contributed by atoms with van der Waals surface area (Å²) >= 11 is 0. The molecule has 3 rings (SSSR count). The molecular formula is C20H25NO5. The highest BCUT2D eigenvalue weighted by Gasteiger charge is 2.41. The van der Waals surface area contributed by atoms with Crippen LogP contribution in [0.5, 0.6) is 5.75 Å². The van der Waals surface area contributed by atoms with Crippen LogP contribution in [0, 0.1) is 17.8 Å². The van der Waals surface area contributed by atoms with Gasteiger partial charge in [0.25, 0.3) is 5.91 Å². The zero-order valence-corrected chi connectivity index (χ0v) is 15.0. The fourth-order valence-electron chi connectivity index (χ4n) is 3.92. The van der Waals surface area contributed by atoms with Gasteiger partial charge in [-0.3, -0.25) is 14.4 Å². The van der Waals surface area contributed by atoms with Gasteiger partial charge in [0.2, 0.25) is 0 Å². The van der Waals surface area contributed by atoms with E-state index in [2.05, 4.69) is 5.32 Å². The second kappa shape index (κ2) is 8.34. The maximum atomic E-state index is 12.3. The van der Waals surface area contributed by atoms with Crippen molar-refractivity contribution in [3.8, 4) is 5.75 Å². The van der Waals surface area contributed by atoms with Crippen molar-refractivity contribution in [2.24, 2.45) is 17.8 Å². The maximum Gasteiger partial charge on any atom is 0.309 e. The number of ether oxygens (including phenoxy) is 2. The van der Waals surface area contributed by atoms with Crippen molar-refractivity contribution in [1.29, 1.82) is 0 Å². The van der Waals surface area contributed by atoms with Crippen molar-refractivity contribution >= 4 is 17.7 Å². The Morgan fingerprint density at radius 3 is 2.38 bits per heavy atom. The fraction of sp³-hybridized carbons (Fsp3) is 0.550. The van der Waals surface area contributed by atoms with Gasteiger partial charge in [0.15, 0.2) is 6.61 Å². The lowest BCUT2D eigenvalue weighted by Gasteiger charge is -2.36. The molecule has 0 unspecified atom stereocenters. The number of carbonyl (C=O) groups excluding carboxylic acids is 3. The molecule has 0 spiro atoms. The van der Waals surface area contributed by atoms with Crippen LogP contribution in [0.4, 0.5) is 0 Å². The third-order valence-corrected chi connectivity index (χ3v) is 5.38. The molecule has 2 bridgehead atoms. The summed E-state index contributed by atoms with van der Waals surface area (Å²) in [6, 6.07) is 7.37. The van der Waals surface area contributed by atoms with Crippen LogP contribution in [0.2, 0.25) is 0 Å². The molecule has 6 nitrogen and oxygen atoms in total. The van der Waals surface area contributed by atoms with E-state index in [0.29, 0.717) is 25.2 Å². The standard InChI is InChI=1S/C20H25NO5/c1-25-17-7-5-13(6-8-17)11-21-18(22)12-26-20(24)16-9-14-3-2-4-15(10-16)19(14)23/h5-8,14-16H,2-4,9-12H2,1H3,(H,21,22)/t14-,15-/m1/s1. The number of hydrogen-bond acceptors (Lipinski definition) is 5. The van der Waals surface area contributed by atoms with E-state index in [-0.39, 0.29) is 36.2 Å². The van der Waals surface area contributed by atoms with Crippen LogP contribution in [0.25, 0.3) is 0 Å². The molecule has 2 fully saturated rings. The first-order valence-electron chi connectivity index (χ1n) is 9.17. The van der Waals surface area contributed by atoms with Gasteiger partial charge in [-0.25, -0.2) is 0 Å². The minimum Gasteiger partial charge on any atom is -0.497 e. The Bertz CT molecular complexity index is 653. The Morgan fingerprint density at radius 1 is 1.12 bits per heavy atom. The number of esters is 1. The molecule has 1 aromatic rings. The van der Waals surface area contributed by atoms with Gasteiger partial charge in [0, 0.05) is 18.4 Å². The van der Waals surface area contributed by atoms with Gasteiger partial charge in [0.1, 0.15) is 11.5 Å². The molecule has 0 saturated heterocycles. The first-order chi connectivity index (χ1) is 12.6. The number of carbonyl (C=O) groups is 3. The van der Waals surface area contributed by atoms with Crippen molar-refractivity contribution in [3.63, 3.8) is 0 Å². The lowest BCUT2D eigenvalue weighted by atomic mass is 9.67. The van der Waals surface area contributed by atoms with E-state index in [1.807, 2.05) is 24.3 Å². The van der Waals surface area contributed by atoms with E-state index in [1.54, 1.807) is 7.11 Å². The maximum absolute atomic E-state index is 12.3. The molecule has 1 aromatic carbocycles. The number of fused-ring (bicyclic) bond motifs is 2. The Balaban J connectivity index is 1.41. The van der Waals surface area contributed by atoms with E-state index >= 15 is 0 Å². The molecule has 6 heteroatoms. The lowest BCUT2D eigenvalue weighted by molar-refractivity contribution is -0.156. The second-order valence-electron chi connectivity index (χ2n) is 7.13. The topological polar surface area (TPSA) is 81.7 Å². The zero-order chi connectivity index (χ0) is 18.5. The Hall–Kier alpha value is -2.37. The normalized spacial score (nSPS) is 24.7. The van der Waals surface area contributed by atoms with E-state index in [1.165, 1.54) is 0 Å². The molecule has 1 N–H and O–H groups in total. The van der Waals surface area contributed by atoms with Crippen molar-refractivity contribution in [3.05, 3.63) is 29.8 Å². The van der Waals surface area contributed by atoms with Crippen molar-refractivity contribution in [1.82, 2.24) is 5.32 Å². The molecule has 0 aromatic heterocycles. The van der Waals surface area contributed by atoms with Crippen molar-refractivity contribution in [2.45, 2.75) is 38.6 Å². The highest BCUT2D eigenvalue weighted by atomic mass is 16.5. The van der Waals surface area contributed by atoms with E-state index < -0.39 is 0 Å². The molecule has 2 atom stereocenters. The number of benzene rings is 1. The number of methoxy groups -OCH3 is 1. The minimum atomic E-state index is -0.353. The van der Waals surface area contributed by atoms with E-state index in [9.17, 15) is 14.4 Å². The smallest absolute Gasteiger partial charge is 0.309 e. The minimum absolute atomic E-state index is 0.00366. The summed E-state index contributed by atoms with van der Waals surface area (Å²) in [6.45, 7) is 0.0806. The number of ketones is 1. The van der Waals surface area contributed by atoms with Gasteiger partial charge in [0.05, 0.1) is 13.0 Å². The summed E-state index contributed by atoms with van der Waals surface area (Å²) in [5.41, 5.74) is 0.934. The molecule has 1 amide bonds. The quantitative estimate of drug-likeness (QED) is 0.788. The SMILES string of the molecule is COc1ccc(CNC(=O)COC(=O)C2C[C@H]3CCC[C@H](C2)C3=O)cc1. The average molecular weight is 359 g/mol. The number of Topliss-reactive ketones (excluding diaryl/α,β-unsaturated/α-hetero) is 1. The van der Waals surface area contributed by atoms with Crippen LogP contribution in [0.15, 0.2) is 24.3 Å². The summed E-state index contributed by atoms with van der Waals surface area (Å²) < 4.78 is 10.3. The number of nitrogens with one attached hydrogen (secondary N) is 1. The van der Waals surface area contributed by atoms with Gasteiger partial charge in [-0.15, -0.1) is 0 Å². The monoisotopic (exact) mass is 359 g/mol. The molecule has 26 heavy (non-hydrogen) atoms. The first-order valence-corrected chi connectivity index (χ1v) is 9.17. The number of hydrogen-bond donors (Lipinski definition) is 1. The first kappa shape index (κ1) is 18.4. The summed E-state index contributed by atoms with van der Waals surface area (Å²) in [5, 5.41) is 2.73. The molecule has 0 heterocycles. The predicted molar refractivity (Wildman–Crippen MR) is 94.4 cm³/mol. The number of amides is 1. The predicted octanol–water partition coefficient (Wildman–Crippen LogP) is 2.25. The molecular weight excluding hydrogens is 334 g/mol. The second-order valence-corrected chi connectivity index (χ2v) is 7.13. The molecule has 2 aliphatic carbocycles. The van der Waals surface area contributed by atoms with Crippen molar-refractivity contribution < 1.29 is 23.9 Å². The van der Waals surface area contributed by atoms with Gasteiger partial charge in [-0.05, 0) is 43.4 Å². The summed E-state index contributed by atoms with van der Waals surface area (Å²) in [4.78, 5) is 36.2.